The summed E-state index contributed by atoms with van der Waals surface area (Å²) < 4.78 is 67.9. The van der Waals surface area contributed by atoms with E-state index in [1.54, 1.807) is 12.1 Å². The summed E-state index contributed by atoms with van der Waals surface area (Å²) in [5.74, 6) is -0.0313. The Morgan fingerprint density at radius 1 is 1.12 bits per heavy atom. The lowest BCUT2D eigenvalue weighted by molar-refractivity contribution is -0.137. The molecule has 0 radical (unpaired) electrons. The Balaban J connectivity index is 2.22. The second kappa shape index (κ2) is 7.67. The molecule has 0 amide bonds. The van der Waals surface area contributed by atoms with Gasteiger partial charge in [0.05, 0.1) is 10.6 Å². The van der Waals surface area contributed by atoms with Crippen molar-refractivity contribution in [2.75, 3.05) is 0 Å². The monoisotopic (exact) mass is 406 g/mol. The maximum absolute atomic E-state index is 12.9. The summed E-state index contributed by atoms with van der Waals surface area (Å²) in [5, 5.41) is -0.605. The molecule has 0 saturated carbocycles. The molecule has 0 atom stereocenters. The van der Waals surface area contributed by atoms with Gasteiger partial charge in [-0.3, -0.25) is 0 Å². The van der Waals surface area contributed by atoms with E-state index < -0.39 is 31.8 Å². The molecule has 0 aromatic heterocycles. The van der Waals surface area contributed by atoms with Gasteiger partial charge in [-0.2, -0.15) is 21.6 Å². The minimum atomic E-state index is -4.79. The molecule has 0 aliphatic heterocycles. The summed E-state index contributed by atoms with van der Waals surface area (Å²) in [6, 6.07) is 8.12. The highest BCUT2D eigenvalue weighted by molar-refractivity contribution is 7.87. The van der Waals surface area contributed by atoms with Gasteiger partial charge in [0.1, 0.15) is 16.4 Å². The predicted octanol–water partition coefficient (Wildman–Crippen LogP) is 4.65. The number of Topliss-reactive ketones (excluding diaryl/α,β-unsaturated/α-hetero) is 1. The van der Waals surface area contributed by atoms with Crippen LogP contribution in [0.2, 0.25) is 5.02 Å². The minimum absolute atomic E-state index is 0.0242. The molecule has 0 aliphatic rings. The molecular weight excluding hydrogens is 393 g/mol. The molecule has 2 aromatic rings. The van der Waals surface area contributed by atoms with Crippen LogP contribution in [0.1, 0.15) is 24.5 Å². The van der Waals surface area contributed by atoms with Crippen molar-refractivity contribution in [1.29, 1.82) is 0 Å². The molecule has 9 heteroatoms. The van der Waals surface area contributed by atoms with E-state index in [9.17, 15) is 26.4 Å². The number of carbonyl (C=O) groups excluding carboxylic acids is 1. The standard InChI is InChI=1S/C17H14ClF3O4S/c1-11(22)2-3-12-4-6-13(7-5-12)25-26(23,24)14-8-9-16(18)15(10-14)17(19,20)21/h4-10H,2-3H2,1H3. The molecule has 0 aliphatic carbocycles. The van der Waals surface area contributed by atoms with E-state index in [2.05, 4.69) is 0 Å². The zero-order valence-corrected chi connectivity index (χ0v) is 15.1. The largest absolute Gasteiger partial charge is 0.417 e. The van der Waals surface area contributed by atoms with Crippen LogP contribution in [0, 0.1) is 0 Å². The molecular formula is C17H14ClF3O4S. The first-order valence-corrected chi connectivity index (χ1v) is 9.17. The third-order valence-electron chi connectivity index (χ3n) is 3.43. The number of ketones is 1. The minimum Gasteiger partial charge on any atom is -0.379 e. The van der Waals surface area contributed by atoms with Gasteiger partial charge in [0.15, 0.2) is 0 Å². The Labute approximate surface area is 153 Å². The molecule has 0 unspecified atom stereocenters. The average molecular weight is 407 g/mol. The third-order valence-corrected chi connectivity index (χ3v) is 5.00. The van der Waals surface area contributed by atoms with Gasteiger partial charge in [0.2, 0.25) is 0 Å². The summed E-state index contributed by atoms with van der Waals surface area (Å²) in [6.07, 6.45) is -3.95. The first-order chi connectivity index (χ1) is 12.0. The van der Waals surface area contributed by atoms with Crippen molar-refractivity contribution in [3.05, 3.63) is 58.6 Å². The van der Waals surface area contributed by atoms with Crippen molar-refractivity contribution in [2.45, 2.75) is 30.8 Å². The zero-order chi connectivity index (χ0) is 19.5. The van der Waals surface area contributed by atoms with Crippen molar-refractivity contribution in [1.82, 2.24) is 0 Å². The quantitative estimate of drug-likeness (QED) is 0.655. The third kappa shape index (κ3) is 5.22. The first kappa shape index (κ1) is 20.3. The van der Waals surface area contributed by atoms with Gasteiger partial charge in [-0.05, 0) is 49.2 Å². The number of carbonyl (C=O) groups is 1. The maximum atomic E-state index is 12.9. The van der Waals surface area contributed by atoms with Crippen LogP contribution >= 0.6 is 11.6 Å². The van der Waals surface area contributed by atoms with Crippen molar-refractivity contribution < 1.29 is 30.6 Å². The molecule has 2 rings (SSSR count). The van der Waals surface area contributed by atoms with Crippen LogP contribution in [0.4, 0.5) is 13.2 Å². The van der Waals surface area contributed by atoms with Crippen molar-refractivity contribution in [2.24, 2.45) is 0 Å². The summed E-state index contributed by atoms with van der Waals surface area (Å²) >= 11 is 5.48. The number of halogens is 4. The van der Waals surface area contributed by atoms with E-state index in [4.69, 9.17) is 15.8 Å². The number of hydrogen-bond donors (Lipinski definition) is 0. The summed E-state index contributed by atoms with van der Waals surface area (Å²) in [4.78, 5) is 10.3. The number of benzene rings is 2. The summed E-state index contributed by atoms with van der Waals surface area (Å²) in [6.45, 7) is 1.46. The molecule has 0 saturated heterocycles. The maximum Gasteiger partial charge on any atom is 0.417 e. The molecule has 0 N–H and O–H groups in total. The van der Waals surface area contributed by atoms with Crippen LogP contribution in [0.3, 0.4) is 0 Å². The zero-order valence-electron chi connectivity index (χ0n) is 13.5. The molecule has 0 bridgehead atoms. The van der Waals surface area contributed by atoms with Gasteiger partial charge in [-0.25, -0.2) is 0 Å². The molecule has 2 aromatic carbocycles. The van der Waals surface area contributed by atoms with Gasteiger partial charge in [-0.1, -0.05) is 23.7 Å². The topological polar surface area (TPSA) is 60.4 Å². The average Bonchev–Trinajstić information content (AvgIpc) is 2.53. The number of aryl methyl sites for hydroxylation is 1. The van der Waals surface area contributed by atoms with Crippen LogP contribution < -0.4 is 4.18 Å². The Hall–Kier alpha value is -2.06. The van der Waals surface area contributed by atoms with Crippen molar-refractivity contribution in [3.8, 4) is 5.75 Å². The van der Waals surface area contributed by atoms with E-state index >= 15 is 0 Å². The fraction of sp³-hybridized carbons (Fsp3) is 0.235. The smallest absolute Gasteiger partial charge is 0.379 e. The second-order valence-corrected chi connectivity index (χ2v) is 7.48. The number of alkyl halides is 3. The fourth-order valence-corrected chi connectivity index (χ4v) is 3.27. The normalized spacial score (nSPS) is 12.0. The van der Waals surface area contributed by atoms with Crippen LogP contribution in [-0.4, -0.2) is 14.2 Å². The molecule has 4 nitrogen and oxygen atoms in total. The lowest BCUT2D eigenvalue weighted by atomic mass is 10.1. The van der Waals surface area contributed by atoms with Crippen LogP contribution in [0.15, 0.2) is 47.4 Å². The van der Waals surface area contributed by atoms with Crippen molar-refractivity contribution >= 4 is 27.5 Å². The predicted molar refractivity (Wildman–Crippen MR) is 89.7 cm³/mol. The van der Waals surface area contributed by atoms with Gasteiger partial charge in [0, 0.05) is 6.42 Å². The molecule has 140 valence electrons. The molecule has 0 spiro atoms. The first-order valence-electron chi connectivity index (χ1n) is 7.38. The van der Waals surface area contributed by atoms with E-state index in [-0.39, 0.29) is 11.5 Å². The van der Waals surface area contributed by atoms with Gasteiger partial charge >= 0.3 is 16.3 Å². The Bertz CT molecular complexity index is 907. The summed E-state index contributed by atoms with van der Waals surface area (Å²) in [7, 11) is -4.46. The van der Waals surface area contributed by atoms with Crippen LogP contribution in [-0.2, 0) is 27.5 Å². The Morgan fingerprint density at radius 2 is 1.73 bits per heavy atom. The van der Waals surface area contributed by atoms with E-state index in [0.717, 1.165) is 17.7 Å². The highest BCUT2D eigenvalue weighted by Gasteiger charge is 2.34. The Morgan fingerprint density at radius 3 is 2.27 bits per heavy atom. The molecule has 0 fully saturated rings. The highest BCUT2D eigenvalue weighted by atomic mass is 35.5. The lowest BCUT2D eigenvalue weighted by Gasteiger charge is -2.12. The van der Waals surface area contributed by atoms with Gasteiger partial charge < -0.3 is 8.98 Å². The SMILES string of the molecule is CC(=O)CCc1ccc(OS(=O)(=O)c2ccc(Cl)c(C(F)(F)F)c2)cc1. The molecule has 0 heterocycles. The fourth-order valence-electron chi connectivity index (χ4n) is 2.08. The van der Waals surface area contributed by atoms with E-state index in [1.165, 1.54) is 19.1 Å². The lowest BCUT2D eigenvalue weighted by Crippen LogP contribution is -2.13. The highest BCUT2D eigenvalue weighted by Crippen LogP contribution is 2.36. The summed E-state index contributed by atoms with van der Waals surface area (Å²) in [5.41, 5.74) is -0.459. The van der Waals surface area contributed by atoms with E-state index in [1.807, 2.05) is 0 Å². The second-order valence-electron chi connectivity index (χ2n) is 5.52. The number of hydrogen-bond acceptors (Lipinski definition) is 4. The molecule has 26 heavy (non-hydrogen) atoms. The van der Waals surface area contributed by atoms with Gasteiger partial charge in [-0.15, -0.1) is 0 Å². The Kier molecular flexibility index (Phi) is 5.98. The van der Waals surface area contributed by atoms with Crippen LogP contribution in [0.25, 0.3) is 0 Å². The van der Waals surface area contributed by atoms with E-state index in [0.29, 0.717) is 18.9 Å². The number of rotatable bonds is 6. The van der Waals surface area contributed by atoms with Crippen LogP contribution in [0.5, 0.6) is 5.75 Å². The van der Waals surface area contributed by atoms with Crippen molar-refractivity contribution in [3.63, 3.8) is 0 Å². The van der Waals surface area contributed by atoms with Gasteiger partial charge in [0.25, 0.3) is 0 Å².